The Bertz CT molecular complexity index is 624. The van der Waals surface area contributed by atoms with Crippen LogP contribution in [0.2, 0.25) is 5.02 Å². The van der Waals surface area contributed by atoms with Crippen molar-refractivity contribution in [2.75, 3.05) is 0 Å². The van der Waals surface area contributed by atoms with Crippen LogP contribution in [-0.4, -0.2) is 24.7 Å². The van der Waals surface area contributed by atoms with Gasteiger partial charge in [-0.25, -0.2) is 13.2 Å². The van der Waals surface area contributed by atoms with Gasteiger partial charge in [-0.05, 0) is 37.0 Å². The van der Waals surface area contributed by atoms with Gasteiger partial charge in [-0.3, -0.25) is 0 Å². The molecule has 1 aliphatic rings. The second kappa shape index (κ2) is 5.74. The number of carbonyl (C=O) groups is 1. The Balaban J connectivity index is 2.34. The highest BCUT2D eigenvalue weighted by Crippen LogP contribution is 2.33. The second-order valence-electron chi connectivity index (χ2n) is 5.39. The number of aromatic carboxylic acids is 1. The van der Waals surface area contributed by atoms with E-state index in [1.165, 1.54) is 18.2 Å². The van der Waals surface area contributed by atoms with E-state index in [0.717, 1.165) is 12.8 Å². The third-order valence-electron chi connectivity index (χ3n) is 3.83. The molecule has 1 aliphatic carbocycles. The Kier molecular flexibility index (Phi) is 4.39. The summed E-state index contributed by atoms with van der Waals surface area (Å²) in [6.45, 7) is 2.06. The molecule has 1 N–H and O–H groups in total. The molecule has 4 nitrogen and oxygen atoms in total. The maximum atomic E-state index is 12.6. The third-order valence-corrected chi connectivity index (χ3v) is 6.36. The molecule has 0 radical (unpaired) electrons. The minimum atomic E-state index is -3.44. The van der Waals surface area contributed by atoms with Crippen LogP contribution in [0, 0.1) is 5.92 Å². The maximum Gasteiger partial charge on any atom is 0.337 e. The van der Waals surface area contributed by atoms with Crippen molar-refractivity contribution in [1.82, 2.24) is 0 Å². The fourth-order valence-electron chi connectivity index (χ4n) is 2.70. The van der Waals surface area contributed by atoms with Crippen molar-refractivity contribution in [3.63, 3.8) is 0 Å². The smallest absolute Gasteiger partial charge is 0.337 e. The van der Waals surface area contributed by atoms with E-state index in [9.17, 15) is 13.2 Å². The van der Waals surface area contributed by atoms with E-state index in [-0.39, 0.29) is 15.5 Å². The molecule has 1 aromatic carbocycles. The summed E-state index contributed by atoms with van der Waals surface area (Å²) in [6.07, 6.45) is 3.28. The number of benzene rings is 1. The summed E-state index contributed by atoms with van der Waals surface area (Å²) in [7, 11) is -3.44. The molecular weight excluding hydrogens is 300 g/mol. The Labute approximate surface area is 123 Å². The summed E-state index contributed by atoms with van der Waals surface area (Å²) in [5.74, 6) is -0.762. The van der Waals surface area contributed by atoms with Gasteiger partial charge in [0.05, 0.1) is 20.7 Å². The summed E-state index contributed by atoms with van der Waals surface area (Å²) in [6, 6.07) is 3.84. The molecule has 2 rings (SSSR count). The van der Waals surface area contributed by atoms with Crippen molar-refractivity contribution in [3.8, 4) is 0 Å². The molecule has 1 fully saturated rings. The first-order valence-electron chi connectivity index (χ1n) is 6.59. The molecule has 0 amide bonds. The monoisotopic (exact) mass is 316 g/mol. The minimum absolute atomic E-state index is 0.0394. The molecule has 20 heavy (non-hydrogen) atoms. The maximum absolute atomic E-state index is 12.6. The average molecular weight is 317 g/mol. The molecular formula is C14H17ClO4S. The largest absolute Gasteiger partial charge is 0.478 e. The first kappa shape index (κ1) is 15.3. The normalized spacial score (nSPS) is 23.5. The van der Waals surface area contributed by atoms with Crippen molar-refractivity contribution in [2.24, 2.45) is 5.92 Å². The number of carboxylic acid groups (broad SMARTS) is 1. The van der Waals surface area contributed by atoms with Crippen molar-refractivity contribution in [2.45, 2.75) is 42.8 Å². The molecule has 0 heterocycles. The van der Waals surface area contributed by atoms with E-state index in [1.807, 2.05) is 0 Å². The molecule has 0 aliphatic heterocycles. The van der Waals surface area contributed by atoms with Gasteiger partial charge in [-0.15, -0.1) is 0 Å². The van der Waals surface area contributed by atoms with Crippen LogP contribution in [0.4, 0.5) is 0 Å². The number of carboxylic acids is 1. The minimum Gasteiger partial charge on any atom is -0.478 e. The van der Waals surface area contributed by atoms with Crippen molar-refractivity contribution in [1.29, 1.82) is 0 Å². The van der Waals surface area contributed by atoms with Gasteiger partial charge in [0.15, 0.2) is 9.84 Å². The molecule has 0 spiro atoms. The lowest BCUT2D eigenvalue weighted by Crippen LogP contribution is -2.27. The van der Waals surface area contributed by atoms with Crippen LogP contribution >= 0.6 is 11.6 Å². The lowest BCUT2D eigenvalue weighted by Gasteiger charge is -2.26. The molecule has 0 bridgehead atoms. The standard InChI is InChI=1S/C14H17ClO4S/c1-9-3-2-4-10(7-9)20(18,19)11-5-6-12(14(16)17)13(15)8-11/h5-6,8-10H,2-4,7H2,1H3,(H,16,17). The van der Waals surface area contributed by atoms with E-state index in [0.29, 0.717) is 18.8 Å². The highest BCUT2D eigenvalue weighted by atomic mass is 35.5. The number of halogens is 1. The van der Waals surface area contributed by atoms with Crippen LogP contribution in [0.15, 0.2) is 23.1 Å². The highest BCUT2D eigenvalue weighted by Gasteiger charge is 2.32. The van der Waals surface area contributed by atoms with Crippen molar-refractivity contribution >= 4 is 27.4 Å². The topological polar surface area (TPSA) is 71.4 Å². The second-order valence-corrected chi connectivity index (χ2v) is 8.02. The van der Waals surface area contributed by atoms with Crippen molar-refractivity contribution in [3.05, 3.63) is 28.8 Å². The van der Waals surface area contributed by atoms with Gasteiger partial charge in [0, 0.05) is 0 Å². The van der Waals surface area contributed by atoms with Gasteiger partial charge in [-0.1, -0.05) is 31.4 Å². The zero-order chi connectivity index (χ0) is 14.9. The zero-order valence-corrected chi connectivity index (χ0v) is 12.7. The molecule has 2 atom stereocenters. The van der Waals surface area contributed by atoms with E-state index in [4.69, 9.17) is 16.7 Å². The van der Waals surface area contributed by atoms with Gasteiger partial charge in [-0.2, -0.15) is 0 Å². The van der Waals surface area contributed by atoms with Gasteiger partial charge >= 0.3 is 5.97 Å². The highest BCUT2D eigenvalue weighted by molar-refractivity contribution is 7.92. The molecule has 2 unspecified atom stereocenters. The van der Waals surface area contributed by atoms with Crippen LogP contribution in [0.3, 0.4) is 0 Å². The Morgan fingerprint density at radius 1 is 1.35 bits per heavy atom. The number of sulfone groups is 1. The predicted molar refractivity (Wildman–Crippen MR) is 77.0 cm³/mol. The van der Waals surface area contributed by atoms with Gasteiger partial charge < -0.3 is 5.11 Å². The Hall–Kier alpha value is -1.07. The number of rotatable bonds is 3. The molecule has 110 valence electrons. The third kappa shape index (κ3) is 2.99. The van der Waals surface area contributed by atoms with Crippen LogP contribution in [-0.2, 0) is 9.84 Å². The average Bonchev–Trinajstić information content (AvgIpc) is 2.38. The summed E-state index contributed by atoms with van der Waals surface area (Å²) in [4.78, 5) is 11.0. The number of hydrogen-bond donors (Lipinski definition) is 1. The molecule has 1 saturated carbocycles. The molecule has 0 saturated heterocycles. The summed E-state index contributed by atoms with van der Waals surface area (Å²) < 4.78 is 25.1. The lowest BCUT2D eigenvalue weighted by atomic mass is 9.91. The van der Waals surface area contributed by atoms with E-state index < -0.39 is 21.1 Å². The Morgan fingerprint density at radius 2 is 2.05 bits per heavy atom. The van der Waals surface area contributed by atoms with E-state index in [1.54, 1.807) is 0 Å². The summed E-state index contributed by atoms with van der Waals surface area (Å²) >= 11 is 5.85. The first-order chi connectivity index (χ1) is 9.32. The van der Waals surface area contributed by atoms with Crippen LogP contribution in [0.25, 0.3) is 0 Å². The van der Waals surface area contributed by atoms with Crippen LogP contribution in [0.1, 0.15) is 43.0 Å². The Morgan fingerprint density at radius 3 is 2.60 bits per heavy atom. The van der Waals surface area contributed by atoms with Crippen LogP contribution in [0.5, 0.6) is 0 Å². The van der Waals surface area contributed by atoms with Crippen LogP contribution < -0.4 is 0 Å². The summed E-state index contributed by atoms with van der Waals surface area (Å²) in [5.41, 5.74) is -0.0809. The molecule has 1 aromatic rings. The molecule has 0 aromatic heterocycles. The fraction of sp³-hybridized carbons (Fsp3) is 0.500. The van der Waals surface area contributed by atoms with E-state index >= 15 is 0 Å². The fourth-order valence-corrected chi connectivity index (χ4v) is 5.01. The predicted octanol–water partition coefficient (Wildman–Crippen LogP) is 3.39. The number of hydrogen-bond acceptors (Lipinski definition) is 3. The summed E-state index contributed by atoms with van der Waals surface area (Å²) in [5, 5.41) is 8.48. The van der Waals surface area contributed by atoms with E-state index in [2.05, 4.69) is 6.92 Å². The van der Waals surface area contributed by atoms with Crippen molar-refractivity contribution < 1.29 is 18.3 Å². The lowest BCUT2D eigenvalue weighted by molar-refractivity contribution is 0.0697. The quantitative estimate of drug-likeness (QED) is 0.927. The first-order valence-corrected chi connectivity index (χ1v) is 8.51. The van der Waals surface area contributed by atoms with Gasteiger partial charge in [0.2, 0.25) is 0 Å². The van der Waals surface area contributed by atoms with Gasteiger partial charge in [0.1, 0.15) is 0 Å². The molecule has 6 heteroatoms. The zero-order valence-electron chi connectivity index (χ0n) is 11.2. The SMILES string of the molecule is CC1CCCC(S(=O)(=O)c2ccc(C(=O)O)c(Cl)c2)C1. The van der Waals surface area contributed by atoms with Gasteiger partial charge in [0.25, 0.3) is 0 Å².